The third-order valence-corrected chi connectivity index (χ3v) is 1.52. The lowest BCUT2D eigenvalue weighted by molar-refractivity contribution is -0.385. The maximum atomic E-state index is 12.9. The average Bonchev–Trinajstić information content (AvgIpc) is 2.08. The molecular weight excluding hydrogens is 198 g/mol. The number of benzene rings is 1. The van der Waals surface area contributed by atoms with Gasteiger partial charge in [0, 0.05) is 6.07 Å². The number of nitrogens with zero attached hydrogens (tertiary/aromatic N) is 1. The highest BCUT2D eigenvalue weighted by atomic mass is 19.2. The van der Waals surface area contributed by atoms with Crippen LogP contribution in [-0.2, 0) is 0 Å². The fourth-order valence-corrected chi connectivity index (χ4v) is 0.927. The van der Waals surface area contributed by atoms with Crippen molar-refractivity contribution in [2.75, 3.05) is 0 Å². The highest BCUT2D eigenvalue weighted by Crippen LogP contribution is 2.22. The maximum absolute atomic E-state index is 12.9. The van der Waals surface area contributed by atoms with Crippen molar-refractivity contribution in [1.29, 1.82) is 0 Å². The monoisotopic (exact) mass is 202 g/mol. The van der Waals surface area contributed by atoms with Gasteiger partial charge in [-0.15, -0.1) is 0 Å². The number of hydrogen-bond donors (Lipinski definition) is 1. The molecule has 1 amide bonds. The zero-order valence-corrected chi connectivity index (χ0v) is 6.66. The van der Waals surface area contributed by atoms with Crippen molar-refractivity contribution in [2.45, 2.75) is 0 Å². The predicted molar refractivity (Wildman–Crippen MR) is 41.5 cm³/mol. The number of hydrogen-bond acceptors (Lipinski definition) is 3. The van der Waals surface area contributed by atoms with E-state index in [4.69, 9.17) is 0 Å². The second-order valence-electron chi connectivity index (χ2n) is 2.38. The van der Waals surface area contributed by atoms with Gasteiger partial charge in [-0.3, -0.25) is 14.9 Å². The molecule has 0 bridgehead atoms. The fraction of sp³-hybridized carbons (Fsp3) is 0. The molecule has 0 unspecified atom stereocenters. The Morgan fingerprint density at radius 3 is 2.43 bits per heavy atom. The number of primary amides is 1. The second kappa shape index (κ2) is 3.36. The van der Waals surface area contributed by atoms with Gasteiger partial charge in [0.25, 0.3) is 11.6 Å². The van der Waals surface area contributed by atoms with E-state index in [-0.39, 0.29) is 0 Å². The van der Waals surface area contributed by atoms with Gasteiger partial charge in [-0.25, -0.2) is 8.78 Å². The van der Waals surface area contributed by atoms with E-state index in [0.29, 0.717) is 12.1 Å². The van der Waals surface area contributed by atoms with Crippen molar-refractivity contribution in [1.82, 2.24) is 0 Å². The molecule has 1 aromatic rings. The fourth-order valence-electron chi connectivity index (χ4n) is 0.927. The molecule has 0 saturated heterocycles. The van der Waals surface area contributed by atoms with Crippen LogP contribution in [0.5, 0.6) is 0 Å². The van der Waals surface area contributed by atoms with Gasteiger partial charge in [0.1, 0.15) is 0 Å². The van der Waals surface area contributed by atoms with E-state index < -0.39 is 33.7 Å². The molecule has 0 atom stereocenters. The molecule has 7 heteroatoms. The molecule has 0 aliphatic carbocycles. The molecule has 0 spiro atoms. The second-order valence-corrected chi connectivity index (χ2v) is 2.38. The summed E-state index contributed by atoms with van der Waals surface area (Å²) >= 11 is 0. The molecule has 0 radical (unpaired) electrons. The van der Waals surface area contributed by atoms with E-state index >= 15 is 0 Å². The molecule has 2 N–H and O–H groups in total. The van der Waals surface area contributed by atoms with Gasteiger partial charge in [-0.1, -0.05) is 0 Å². The van der Waals surface area contributed by atoms with Crippen LogP contribution in [0.25, 0.3) is 0 Å². The number of halogens is 2. The van der Waals surface area contributed by atoms with Crippen molar-refractivity contribution in [3.05, 3.63) is 39.4 Å². The van der Waals surface area contributed by atoms with Crippen LogP contribution in [0.2, 0.25) is 0 Å². The van der Waals surface area contributed by atoms with Crippen LogP contribution < -0.4 is 5.73 Å². The summed E-state index contributed by atoms with van der Waals surface area (Å²) in [6.07, 6.45) is 0. The summed E-state index contributed by atoms with van der Waals surface area (Å²) in [5.74, 6) is -4.34. The molecular formula is C7H4F2N2O3. The smallest absolute Gasteiger partial charge is 0.285 e. The van der Waals surface area contributed by atoms with E-state index in [0.717, 1.165) is 0 Å². The van der Waals surface area contributed by atoms with E-state index in [9.17, 15) is 23.7 Å². The van der Waals surface area contributed by atoms with Crippen LogP contribution in [0.4, 0.5) is 14.5 Å². The average molecular weight is 202 g/mol. The largest absolute Gasteiger partial charge is 0.365 e. The summed E-state index contributed by atoms with van der Waals surface area (Å²) in [5.41, 5.74) is 2.78. The topological polar surface area (TPSA) is 86.2 Å². The molecule has 0 aromatic heterocycles. The lowest BCUT2D eigenvalue weighted by atomic mass is 10.1. The number of nitro groups is 1. The minimum absolute atomic E-state index is 0.555. The summed E-state index contributed by atoms with van der Waals surface area (Å²) < 4.78 is 25.5. The van der Waals surface area contributed by atoms with Gasteiger partial charge in [-0.05, 0) is 6.07 Å². The molecule has 0 aliphatic rings. The summed E-state index contributed by atoms with van der Waals surface area (Å²) in [6.45, 7) is 0. The lowest BCUT2D eigenvalue weighted by Crippen LogP contribution is -2.16. The Morgan fingerprint density at radius 2 is 2.00 bits per heavy atom. The summed E-state index contributed by atoms with van der Waals surface area (Å²) in [5, 5.41) is 10.3. The van der Waals surface area contributed by atoms with Gasteiger partial charge in [0.15, 0.2) is 17.2 Å². The van der Waals surface area contributed by atoms with Crippen LogP contribution in [0.15, 0.2) is 12.1 Å². The van der Waals surface area contributed by atoms with E-state index in [2.05, 4.69) is 5.73 Å². The summed E-state index contributed by atoms with van der Waals surface area (Å²) in [6, 6.07) is 1.23. The lowest BCUT2D eigenvalue weighted by Gasteiger charge is -2.00. The molecule has 1 aromatic carbocycles. The molecule has 14 heavy (non-hydrogen) atoms. The number of carbonyl (C=O) groups excluding carboxylic acids is 1. The third kappa shape index (κ3) is 1.51. The Kier molecular flexibility index (Phi) is 2.41. The van der Waals surface area contributed by atoms with Crippen LogP contribution >= 0.6 is 0 Å². The first-order valence-corrected chi connectivity index (χ1v) is 3.37. The van der Waals surface area contributed by atoms with Crippen molar-refractivity contribution in [2.24, 2.45) is 5.73 Å². The Labute approximate surface area is 76.3 Å². The third-order valence-electron chi connectivity index (χ3n) is 1.52. The van der Waals surface area contributed by atoms with Crippen LogP contribution in [-0.4, -0.2) is 10.8 Å². The van der Waals surface area contributed by atoms with Gasteiger partial charge < -0.3 is 5.73 Å². The number of amides is 1. The van der Waals surface area contributed by atoms with Gasteiger partial charge in [0.2, 0.25) is 0 Å². The van der Waals surface area contributed by atoms with Crippen molar-refractivity contribution < 1.29 is 18.5 Å². The van der Waals surface area contributed by atoms with Crippen LogP contribution in [0.1, 0.15) is 10.4 Å². The molecule has 5 nitrogen and oxygen atoms in total. The van der Waals surface area contributed by atoms with Gasteiger partial charge >= 0.3 is 0 Å². The Hall–Kier alpha value is -2.05. The number of rotatable bonds is 2. The first kappa shape index (κ1) is 10.0. The first-order valence-electron chi connectivity index (χ1n) is 3.37. The number of nitro benzene ring substituents is 1. The predicted octanol–water partition coefficient (Wildman–Crippen LogP) is 0.972. The highest BCUT2D eigenvalue weighted by molar-refractivity contribution is 5.97. The van der Waals surface area contributed by atoms with E-state index in [1.807, 2.05) is 0 Å². The maximum Gasteiger partial charge on any atom is 0.285 e. The minimum atomic E-state index is -1.60. The van der Waals surface area contributed by atoms with Crippen molar-refractivity contribution >= 4 is 11.6 Å². The van der Waals surface area contributed by atoms with Crippen molar-refractivity contribution in [3.63, 3.8) is 0 Å². The van der Waals surface area contributed by atoms with E-state index in [1.54, 1.807) is 0 Å². The molecule has 0 fully saturated rings. The molecule has 0 aliphatic heterocycles. The Bertz CT molecular complexity index is 420. The minimum Gasteiger partial charge on any atom is -0.365 e. The Morgan fingerprint density at radius 1 is 1.43 bits per heavy atom. The Balaban J connectivity index is 3.53. The van der Waals surface area contributed by atoms with Crippen LogP contribution in [0.3, 0.4) is 0 Å². The summed E-state index contributed by atoms with van der Waals surface area (Å²) in [4.78, 5) is 19.9. The highest BCUT2D eigenvalue weighted by Gasteiger charge is 2.25. The van der Waals surface area contributed by atoms with E-state index in [1.165, 1.54) is 0 Å². The molecule has 0 saturated carbocycles. The summed E-state index contributed by atoms with van der Waals surface area (Å²) in [7, 11) is 0. The van der Waals surface area contributed by atoms with Gasteiger partial charge in [-0.2, -0.15) is 0 Å². The molecule has 74 valence electrons. The zero-order valence-electron chi connectivity index (χ0n) is 6.66. The SMILES string of the molecule is NC(=O)c1c([N+](=O)[O-])ccc(F)c1F. The molecule has 0 heterocycles. The molecule has 1 rings (SSSR count). The van der Waals surface area contributed by atoms with Crippen molar-refractivity contribution in [3.8, 4) is 0 Å². The number of carbonyl (C=O) groups is 1. The standard InChI is InChI=1S/C7H4F2N2O3/c8-3-1-2-4(11(13)14)5(6(3)9)7(10)12/h1-2H,(H2,10,12). The quantitative estimate of drug-likeness (QED) is 0.572. The van der Waals surface area contributed by atoms with Crippen LogP contribution in [0, 0.1) is 21.7 Å². The normalized spacial score (nSPS) is 9.86. The zero-order chi connectivity index (χ0) is 10.9. The van der Waals surface area contributed by atoms with Gasteiger partial charge in [0.05, 0.1) is 4.92 Å². The first-order chi connectivity index (χ1) is 6.45. The number of nitrogens with two attached hydrogens (primary N) is 1.